The summed E-state index contributed by atoms with van der Waals surface area (Å²) in [7, 11) is 0. The van der Waals surface area contributed by atoms with Crippen LogP contribution in [0.4, 0.5) is 0 Å². The normalized spacial score (nSPS) is 11.0. The number of aromatic nitrogens is 1. The Morgan fingerprint density at radius 1 is 1.05 bits per heavy atom. The van der Waals surface area contributed by atoms with Gasteiger partial charge in [0.25, 0.3) is 5.91 Å². The van der Waals surface area contributed by atoms with Crippen LogP contribution in [0, 0.1) is 0 Å². The molecule has 108 valence electrons. The first-order chi connectivity index (χ1) is 10.7. The zero-order valence-electron chi connectivity index (χ0n) is 11.5. The minimum atomic E-state index is -0.367. The number of carbonyl (C=O) groups excluding carboxylic acids is 1. The van der Waals surface area contributed by atoms with Crippen LogP contribution in [0.3, 0.4) is 0 Å². The second-order valence-electron chi connectivity index (χ2n) is 4.61. The molecule has 0 bridgehead atoms. The van der Waals surface area contributed by atoms with Crippen molar-refractivity contribution < 1.29 is 4.79 Å². The SMILES string of the molecule is O=C(N/N=C/c1ccccc1Cl)c1ccc2ccccc2n1. The molecule has 0 spiro atoms. The van der Waals surface area contributed by atoms with E-state index in [0.717, 1.165) is 16.5 Å². The van der Waals surface area contributed by atoms with Crippen molar-refractivity contribution in [1.29, 1.82) is 0 Å². The summed E-state index contributed by atoms with van der Waals surface area (Å²) >= 11 is 6.01. The molecule has 0 atom stereocenters. The molecule has 0 radical (unpaired) electrons. The van der Waals surface area contributed by atoms with E-state index in [1.54, 1.807) is 12.1 Å². The van der Waals surface area contributed by atoms with Crippen LogP contribution in [0.15, 0.2) is 65.8 Å². The van der Waals surface area contributed by atoms with Gasteiger partial charge in [0.05, 0.1) is 11.7 Å². The summed E-state index contributed by atoms with van der Waals surface area (Å²) in [5, 5.41) is 5.47. The standard InChI is InChI=1S/C17H12ClN3O/c18-14-7-3-1-6-13(14)11-19-21-17(22)16-10-9-12-5-2-4-8-15(12)20-16/h1-11H,(H,21,22)/b19-11+. The molecule has 1 amide bonds. The van der Waals surface area contributed by atoms with Gasteiger partial charge < -0.3 is 0 Å². The van der Waals surface area contributed by atoms with Crippen molar-refractivity contribution in [3.63, 3.8) is 0 Å². The molecular weight excluding hydrogens is 298 g/mol. The van der Waals surface area contributed by atoms with Crippen molar-refractivity contribution in [2.75, 3.05) is 0 Å². The van der Waals surface area contributed by atoms with E-state index in [0.29, 0.717) is 10.7 Å². The molecule has 4 nitrogen and oxygen atoms in total. The molecule has 1 heterocycles. The Labute approximate surface area is 132 Å². The lowest BCUT2D eigenvalue weighted by molar-refractivity contribution is 0.0950. The molecule has 3 aromatic rings. The minimum absolute atomic E-state index is 0.315. The number of nitrogens with zero attached hydrogens (tertiary/aromatic N) is 2. The summed E-state index contributed by atoms with van der Waals surface area (Å²) in [4.78, 5) is 16.3. The van der Waals surface area contributed by atoms with Crippen LogP contribution in [0.25, 0.3) is 10.9 Å². The number of benzene rings is 2. The number of pyridine rings is 1. The van der Waals surface area contributed by atoms with Gasteiger partial charge in [-0.2, -0.15) is 5.10 Å². The topological polar surface area (TPSA) is 54.4 Å². The third-order valence-electron chi connectivity index (χ3n) is 3.11. The quantitative estimate of drug-likeness (QED) is 0.593. The van der Waals surface area contributed by atoms with Crippen LogP contribution in [-0.2, 0) is 0 Å². The third-order valence-corrected chi connectivity index (χ3v) is 3.45. The zero-order valence-corrected chi connectivity index (χ0v) is 12.3. The van der Waals surface area contributed by atoms with Gasteiger partial charge in [-0.05, 0) is 18.2 Å². The van der Waals surface area contributed by atoms with E-state index in [-0.39, 0.29) is 5.91 Å². The fourth-order valence-corrected chi connectivity index (χ4v) is 2.17. The van der Waals surface area contributed by atoms with Gasteiger partial charge in [-0.25, -0.2) is 10.4 Å². The fourth-order valence-electron chi connectivity index (χ4n) is 1.99. The van der Waals surface area contributed by atoms with Crippen molar-refractivity contribution >= 4 is 34.6 Å². The summed E-state index contributed by atoms with van der Waals surface area (Å²) in [5.74, 6) is -0.367. The number of carbonyl (C=O) groups is 1. The van der Waals surface area contributed by atoms with Crippen LogP contribution in [0.2, 0.25) is 5.02 Å². The first kappa shape index (κ1) is 14.2. The van der Waals surface area contributed by atoms with E-state index in [1.807, 2.05) is 48.5 Å². The highest BCUT2D eigenvalue weighted by Crippen LogP contribution is 2.13. The van der Waals surface area contributed by atoms with Gasteiger partial charge in [-0.3, -0.25) is 4.79 Å². The lowest BCUT2D eigenvalue weighted by atomic mass is 10.2. The van der Waals surface area contributed by atoms with Crippen LogP contribution < -0.4 is 5.43 Å². The largest absolute Gasteiger partial charge is 0.289 e. The van der Waals surface area contributed by atoms with Gasteiger partial charge >= 0.3 is 0 Å². The van der Waals surface area contributed by atoms with Gasteiger partial charge in [-0.15, -0.1) is 0 Å². The van der Waals surface area contributed by atoms with Crippen molar-refractivity contribution in [2.45, 2.75) is 0 Å². The van der Waals surface area contributed by atoms with E-state index in [4.69, 9.17) is 11.6 Å². The van der Waals surface area contributed by atoms with Crippen LogP contribution in [0.1, 0.15) is 16.1 Å². The first-order valence-electron chi connectivity index (χ1n) is 6.68. The van der Waals surface area contributed by atoms with Gasteiger partial charge in [0.1, 0.15) is 5.69 Å². The van der Waals surface area contributed by atoms with Crippen molar-refractivity contribution in [2.24, 2.45) is 5.10 Å². The van der Waals surface area contributed by atoms with Crippen LogP contribution in [-0.4, -0.2) is 17.1 Å². The molecule has 2 aromatic carbocycles. The van der Waals surface area contributed by atoms with E-state index in [9.17, 15) is 4.79 Å². The molecule has 0 aliphatic rings. The highest BCUT2D eigenvalue weighted by Gasteiger charge is 2.06. The highest BCUT2D eigenvalue weighted by molar-refractivity contribution is 6.33. The van der Waals surface area contributed by atoms with E-state index in [1.165, 1.54) is 6.21 Å². The molecule has 0 saturated heterocycles. The van der Waals surface area contributed by atoms with Gasteiger partial charge in [0.2, 0.25) is 0 Å². The Bertz CT molecular complexity index is 861. The molecule has 22 heavy (non-hydrogen) atoms. The number of amides is 1. The Kier molecular flexibility index (Phi) is 4.12. The molecule has 5 heteroatoms. The number of rotatable bonds is 3. The number of hydrogen-bond donors (Lipinski definition) is 1. The third kappa shape index (κ3) is 3.13. The Balaban J connectivity index is 1.74. The summed E-state index contributed by atoms with van der Waals surface area (Å²) < 4.78 is 0. The maximum Gasteiger partial charge on any atom is 0.289 e. The Morgan fingerprint density at radius 3 is 2.68 bits per heavy atom. The fraction of sp³-hybridized carbons (Fsp3) is 0. The number of nitrogens with one attached hydrogen (secondary N) is 1. The number of fused-ring (bicyclic) bond motifs is 1. The Morgan fingerprint density at radius 2 is 1.82 bits per heavy atom. The van der Waals surface area contributed by atoms with Gasteiger partial charge in [0, 0.05) is 16.0 Å². The summed E-state index contributed by atoms with van der Waals surface area (Å²) in [6, 6.07) is 18.4. The van der Waals surface area contributed by atoms with Crippen molar-refractivity contribution in [3.05, 3.63) is 76.9 Å². The van der Waals surface area contributed by atoms with Crippen molar-refractivity contribution in [3.8, 4) is 0 Å². The minimum Gasteiger partial charge on any atom is -0.266 e. The van der Waals surface area contributed by atoms with Gasteiger partial charge in [-0.1, -0.05) is 54.1 Å². The van der Waals surface area contributed by atoms with Crippen LogP contribution >= 0.6 is 11.6 Å². The molecule has 1 N–H and O–H groups in total. The summed E-state index contributed by atoms with van der Waals surface area (Å²) in [5.41, 5.74) is 4.26. The Hall–Kier alpha value is -2.72. The number of para-hydroxylation sites is 1. The molecule has 0 saturated carbocycles. The zero-order chi connectivity index (χ0) is 15.4. The van der Waals surface area contributed by atoms with E-state index < -0.39 is 0 Å². The average Bonchev–Trinajstić information content (AvgIpc) is 2.56. The molecular formula is C17H12ClN3O. The molecule has 0 aliphatic carbocycles. The maximum atomic E-state index is 12.0. The summed E-state index contributed by atoms with van der Waals surface area (Å²) in [6.45, 7) is 0. The van der Waals surface area contributed by atoms with E-state index >= 15 is 0 Å². The van der Waals surface area contributed by atoms with E-state index in [2.05, 4.69) is 15.5 Å². The van der Waals surface area contributed by atoms with Crippen LogP contribution in [0.5, 0.6) is 0 Å². The lowest BCUT2D eigenvalue weighted by Crippen LogP contribution is -2.18. The molecule has 0 aliphatic heterocycles. The maximum absolute atomic E-state index is 12.0. The molecule has 1 aromatic heterocycles. The summed E-state index contributed by atoms with van der Waals surface area (Å²) in [6.07, 6.45) is 1.50. The molecule has 0 unspecified atom stereocenters. The number of hydrazone groups is 1. The van der Waals surface area contributed by atoms with Crippen molar-refractivity contribution in [1.82, 2.24) is 10.4 Å². The first-order valence-corrected chi connectivity index (χ1v) is 7.05. The predicted octanol–water partition coefficient (Wildman–Crippen LogP) is 3.65. The number of hydrogen-bond acceptors (Lipinski definition) is 3. The average molecular weight is 310 g/mol. The molecule has 0 fully saturated rings. The predicted molar refractivity (Wildman–Crippen MR) is 88.3 cm³/mol. The second kappa shape index (κ2) is 6.37. The molecule has 3 rings (SSSR count). The highest BCUT2D eigenvalue weighted by atomic mass is 35.5. The number of halogens is 1. The van der Waals surface area contributed by atoms with Gasteiger partial charge in [0.15, 0.2) is 0 Å². The second-order valence-corrected chi connectivity index (χ2v) is 5.02. The lowest BCUT2D eigenvalue weighted by Gasteiger charge is -2.02. The monoisotopic (exact) mass is 309 g/mol. The smallest absolute Gasteiger partial charge is 0.266 e.